The van der Waals surface area contributed by atoms with Gasteiger partial charge in [0.1, 0.15) is 6.04 Å². The average Bonchev–Trinajstić information content (AvgIpc) is 3.20. The Hall–Kier alpha value is -2.72. The van der Waals surface area contributed by atoms with Gasteiger partial charge in [-0.2, -0.15) is 4.31 Å². The molecule has 1 aromatic carbocycles. The summed E-state index contributed by atoms with van der Waals surface area (Å²) in [5.74, 6) is -1.05. The molecule has 0 saturated carbocycles. The van der Waals surface area contributed by atoms with E-state index in [1.54, 1.807) is 37.7 Å². The van der Waals surface area contributed by atoms with Crippen LogP contribution in [0.25, 0.3) is 0 Å². The van der Waals surface area contributed by atoms with E-state index in [0.717, 1.165) is 0 Å². The van der Waals surface area contributed by atoms with Gasteiger partial charge in [0.2, 0.25) is 10.0 Å². The van der Waals surface area contributed by atoms with Crippen molar-refractivity contribution in [2.24, 2.45) is 0 Å². The SMILES string of the molecule is CCN(CC)S(=O)(=O)c1cccc(C(=O)NNC(=O)[C@H](C)n2ccnc2)c1. The Kier molecular flexibility index (Phi) is 6.70. The van der Waals surface area contributed by atoms with Gasteiger partial charge in [-0.25, -0.2) is 13.4 Å². The molecular formula is C17H23N5O4S. The fraction of sp³-hybridized carbons (Fsp3) is 0.353. The summed E-state index contributed by atoms with van der Waals surface area (Å²) >= 11 is 0. The summed E-state index contributed by atoms with van der Waals surface area (Å²) in [6, 6.07) is 5.11. The number of carbonyl (C=O) groups excluding carboxylic acids is 2. The van der Waals surface area contributed by atoms with E-state index in [4.69, 9.17) is 0 Å². The summed E-state index contributed by atoms with van der Waals surface area (Å²) in [7, 11) is -3.68. The Morgan fingerprint density at radius 1 is 1.22 bits per heavy atom. The third kappa shape index (κ3) is 4.72. The molecule has 27 heavy (non-hydrogen) atoms. The maximum Gasteiger partial charge on any atom is 0.269 e. The minimum Gasteiger partial charge on any atom is -0.325 e. The zero-order valence-electron chi connectivity index (χ0n) is 15.4. The van der Waals surface area contributed by atoms with E-state index in [1.807, 2.05) is 0 Å². The van der Waals surface area contributed by atoms with Crippen LogP contribution in [0, 0.1) is 0 Å². The lowest BCUT2D eigenvalue weighted by molar-refractivity contribution is -0.124. The van der Waals surface area contributed by atoms with Gasteiger partial charge in [0.15, 0.2) is 0 Å². The predicted molar refractivity (Wildman–Crippen MR) is 99.1 cm³/mol. The van der Waals surface area contributed by atoms with Crippen molar-refractivity contribution in [2.75, 3.05) is 13.1 Å². The fourth-order valence-electron chi connectivity index (χ4n) is 2.44. The van der Waals surface area contributed by atoms with Crippen LogP contribution in [0.2, 0.25) is 0 Å². The molecule has 2 aromatic rings. The van der Waals surface area contributed by atoms with Crippen LogP contribution in [0.5, 0.6) is 0 Å². The topological polar surface area (TPSA) is 113 Å². The molecule has 0 unspecified atom stereocenters. The molecule has 146 valence electrons. The van der Waals surface area contributed by atoms with Crippen molar-refractivity contribution in [1.29, 1.82) is 0 Å². The average molecular weight is 393 g/mol. The number of rotatable bonds is 7. The zero-order chi connectivity index (χ0) is 20.0. The van der Waals surface area contributed by atoms with Crippen LogP contribution in [-0.2, 0) is 14.8 Å². The molecule has 2 amide bonds. The molecule has 1 aromatic heterocycles. The number of nitrogens with zero attached hydrogens (tertiary/aromatic N) is 3. The third-order valence-electron chi connectivity index (χ3n) is 4.09. The normalized spacial score (nSPS) is 12.6. The molecule has 0 aliphatic rings. The number of hydrogen-bond acceptors (Lipinski definition) is 5. The van der Waals surface area contributed by atoms with Crippen LogP contribution in [0.15, 0.2) is 47.9 Å². The van der Waals surface area contributed by atoms with Crippen LogP contribution < -0.4 is 10.9 Å². The lowest BCUT2D eigenvalue weighted by Gasteiger charge is -2.19. The molecule has 10 heteroatoms. The molecule has 0 radical (unpaired) electrons. The summed E-state index contributed by atoms with van der Waals surface area (Å²) in [6.45, 7) is 5.80. The summed E-state index contributed by atoms with van der Waals surface area (Å²) in [6.07, 6.45) is 4.67. The van der Waals surface area contributed by atoms with Crippen LogP contribution >= 0.6 is 0 Å². The van der Waals surface area contributed by atoms with E-state index in [9.17, 15) is 18.0 Å². The highest BCUT2D eigenvalue weighted by Gasteiger charge is 2.23. The highest BCUT2D eigenvalue weighted by atomic mass is 32.2. The molecule has 0 fully saturated rings. The molecule has 1 heterocycles. The Morgan fingerprint density at radius 3 is 2.52 bits per heavy atom. The quantitative estimate of drug-likeness (QED) is 0.680. The number of hydrogen-bond donors (Lipinski definition) is 2. The number of imidazole rings is 1. The number of nitrogens with one attached hydrogen (secondary N) is 2. The second kappa shape index (κ2) is 8.78. The molecule has 9 nitrogen and oxygen atoms in total. The monoisotopic (exact) mass is 393 g/mol. The van der Waals surface area contributed by atoms with E-state index in [0.29, 0.717) is 13.1 Å². The van der Waals surface area contributed by atoms with Gasteiger partial charge in [-0.15, -0.1) is 0 Å². The standard InChI is InChI=1S/C17H23N5O4S/c1-4-22(5-2)27(25,26)15-8-6-7-14(11-15)17(24)20-19-16(23)13(3)21-10-9-18-12-21/h6-13H,4-5H2,1-3H3,(H,19,23)(H,20,24)/t13-/m0/s1. The van der Waals surface area contributed by atoms with Gasteiger partial charge < -0.3 is 4.57 Å². The first kappa shape index (κ1) is 20.6. The fourth-order valence-corrected chi connectivity index (χ4v) is 3.94. The van der Waals surface area contributed by atoms with Crippen LogP contribution in [0.4, 0.5) is 0 Å². The zero-order valence-corrected chi connectivity index (χ0v) is 16.2. The van der Waals surface area contributed by atoms with Gasteiger partial charge in [0.05, 0.1) is 11.2 Å². The summed E-state index contributed by atoms with van der Waals surface area (Å²) in [4.78, 5) is 28.3. The summed E-state index contributed by atoms with van der Waals surface area (Å²) in [5.41, 5.74) is 4.75. The van der Waals surface area contributed by atoms with Crippen molar-refractivity contribution in [3.8, 4) is 0 Å². The second-order valence-electron chi connectivity index (χ2n) is 5.75. The van der Waals surface area contributed by atoms with Gasteiger partial charge in [-0.05, 0) is 25.1 Å². The first-order valence-electron chi connectivity index (χ1n) is 8.49. The Labute approximate surface area is 158 Å². The summed E-state index contributed by atoms with van der Waals surface area (Å²) < 4.78 is 28.0. The smallest absolute Gasteiger partial charge is 0.269 e. The maximum atomic E-state index is 12.6. The van der Waals surface area contributed by atoms with Gasteiger partial charge in [-0.3, -0.25) is 20.4 Å². The molecular weight excluding hydrogens is 370 g/mol. The Balaban J connectivity index is 2.08. The number of sulfonamides is 1. The largest absolute Gasteiger partial charge is 0.325 e. The van der Waals surface area contributed by atoms with Crippen molar-refractivity contribution in [1.82, 2.24) is 24.7 Å². The lowest BCUT2D eigenvalue weighted by Crippen LogP contribution is -2.44. The molecule has 0 saturated heterocycles. The first-order chi connectivity index (χ1) is 12.8. The third-order valence-corrected chi connectivity index (χ3v) is 6.14. The van der Waals surface area contributed by atoms with E-state index < -0.39 is 27.9 Å². The minimum absolute atomic E-state index is 0.0250. The van der Waals surface area contributed by atoms with Crippen LogP contribution in [0.3, 0.4) is 0 Å². The maximum absolute atomic E-state index is 12.6. The lowest BCUT2D eigenvalue weighted by atomic mass is 10.2. The van der Waals surface area contributed by atoms with Crippen molar-refractivity contribution in [2.45, 2.75) is 31.7 Å². The molecule has 0 aliphatic carbocycles. The number of hydrazine groups is 1. The van der Waals surface area contributed by atoms with Crippen molar-refractivity contribution >= 4 is 21.8 Å². The molecule has 2 N–H and O–H groups in total. The van der Waals surface area contributed by atoms with Crippen LogP contribution in [-0.4, -0.2) is 47.2 Å². The Bertz CT molecular complexity index is 892. The van der Waals surface area contributed by atoms with Gasteiger partial charge in [-0.1, -0.05) is 19.9 Å². The number of benzene rings is 1. The number of carbonyl (C=O) groups is 2. The van der Waals surface area contributed by atoms with Crippen molar-refractivity contribution in [3.05, 3.63) is 48.5 Å². The van der Waals surface area contributed by atoms with Gasteiger partial charge in [0, 0.05) is 31.0 Å². The number of amides is 2. The Morgan fingerprint density at radius 2 is 1.93 bits per heavy atom. The van der Waals surface area contributed by atoms with Gasteiger partial charge in [0.25, 0.3) is 11.8 Å². The summed E-state index contributed by atoms with van der Waals surface area (Å²) in [5, 5.41) is 0. The minimum atomic E-state index is -3.68. The second-order valence-corrected chi connectivity index (χ2v) is 7.68. The molecule has 2 rings (SSSR count). The van der Waals surface area contributed by atoms with Crippen LogP contribution in [0.1, 0.15) is 37.2 Å². The molecule has 0 bridgehead atoms. The number of aromatic nitrogens is 2. The highest BCUT2D eigenvalue weighted by Crippen LogP contribution is 2.17. The molecule has 0 aliphatic heterocycles. The van der Waals surface area contributed by atoms with E-state index in [2.05, 4.69) is 15.8 Å². The first-order valence-corrected chi connectivity index (χ1v) is 9.93. The van der Waals surface area contributed by atoms with E-state index >= 15 is 0 Å². The van der Waals surface area contributed by atoms with Crippen molar-refractivity contribution < 1.29 is 18.0 Å². The highest BCUT2D eigenvalue weighted by molar-refractivity contribution is 7.89. The van der Waals surface area contributed by atoms with Gasteiger partial charge >= 0.3 is 0 Å². The van der Waals surface area contributed by atoms with E-state index in [1.165, 1.54) is 34.9 Å². The van der Waals surface area contributed by atoms with Crippen molar-refractivity contribution in [3.63, 3.8) is 0 Å². The predicted octanol–water partition coefficient (Wildman–Crippen LogP) is 0.936. The molecule has 0 spiro atoms. The molecule has 1 atom stereocenters. The van der Waals surface area contributed by atoms with E-state index in [-0.39, 0.29) is 10.5 Å².